The molecule has 20 heavy (non-hydrogen) atoms. The highest BCUT2D eigenvalue weighted by molar-refractivity contribution is 5.38. The molecular formula is C19H22O. The summed E-state index contributed by atoms with van der Waals surface area (Å²) in [6, 6.07) is 18.9. The van der Waals surface area contributed by atoms with E-state index in [4.69, 9.17) is 0 Å². The Bertz CT molecular complexity index is 569. The van der Waals surface area contributed by atoms with Crippen molar-refractivity contribution in [2.45, 2.75) is 44.1 Å². The van der Waals surface area contributed by atoms with Gasteiger partial charge >= 0.3 is 0 Å². The van der Waals surface area contributed by atoms with Crippen LogP contribution in [0.1, 0.15) is 49.0 Å². The third kappa shape index (κ3) is 2.38. The molecule has 0 saturated heterocycles. The van der Waals surface area contributed by atoms with Crippen LogP contribution < -0.4 is 0 Å². The fraction of sp³-hybridized carbons (Fsp3) is 0.368. The number of hydrogen-bond acceptors (Lipinski definition) is 1. The largest absolute Gasteiger partial charge is 0.387 e. The average Bonchev–Trinajstić information content (AvgIpc) is 3.30. The first-order valence-electron chi connectivity index (χ1n) is 7.59. The van der Waals surface area contributed by atoms with Crippen LogP contribution in [0, 0.1) is 0 Å². The van der Waals surface area contributed by atoms with Crippen LogP contribution in [-0.4, -0.2) is 5.11 Å². The highest BCUT2D eigenvalue weighted by Gasteiger charge is 2.50. The molecule has 1 nitrogen and oxygen atoms in total. The van der Waals surface area contributed by atoms with Gasteiger partial charge < -0.3 is 5.11 Å². The lowest BCUT2D eigenvalue weighted by Gasteiger charge is -2.23. The molecule has 1 N–H and O–H groups in total. The van der Waals surface area contributed by atoms with Gasteiger partial charge in [0.05, 0.1) is 6.10 Å². The zero-order chi connectivity index (χ0) is 14.0. The molecule has 1 unspecified atom stereocenters. The topological polar surface area (TPSA) is 20.2 Å². The van der Waals surface area contributed by atoms with Crippen molar-refractivity contribution in [1.82, 2.24) is 0 Å². The van der Waals surface area contributed by atoms with Crippen molar-refractivity contribution in [2.75, 3.05) is 0 Å². The molecule has 0 bridgehead atoms. The maximum absolute atomic E-state index is 10.9. The predicted octanol–water partition coefficient (Wildman–Crippen LogP) is 4.40. The summed E-state index contributed by atoms with van der Waals surface area (Å²) < 4.78 is 0. The number of aryl methyl sites for hydroxylation is 1. The summed E-state index contributed by atoms with van der Waals surface area (Å²) in [7, 11) is 0. The molecule has 0 heterocycles. The van der Waals surface area contributed by atoms with Gasteiger partial charge in [-0.15, -0.1) is 0 Å². The summed E-state index contributed by atoms with van der Waals surface area (Å²) in [4.78, 5) is 0. The Kier molecular flexibility index (Phi) is 3.62. The molecule has 1 saturated carbocycles. The molecule has 0 amide bonds. The van der Waals surface area contributed by atoms with Gasteiger partial charge in [0.1, 0.15) is 0 Å². The van der Waals surface area contributed by atoms with Gasteiger partial charge in [0.25, 0.3) is 0 Å². The molecule has 0 aromatic heterocycles. The second kappa shape index (κ2) is 5.41. The van der Waals surface area contributed by atoms with Crippen molar-refractivity contribution in [3.05, 3.63) is 71.3 Å². The van der Waals surface area contributed by atoms with Crippen LogP contribution in [0.15, 0.2) is 54.6 Å². The molecule has 1 atom stereocenters. The van der Waals surface area contributed by atoms with Gasteiger partial charge in [-0.25, -0.2) is 0 Å². The average molecular weight is 266 g/mol. The van der Waals surface area contributed by atoms with E-state index >= 15 is 0 Å². The van der Waals surface area contributed by atoms with Crippen LogP contribution in [0.5, 0.6) is 0 Å². The van der Waals surface area contributed by atoms with E-state index < -0.39 is 0 Å². The minimum atomic E-state index is -0.387. The minimum absolute atomic E-state index is 0.0495. The van der Waals surface area contributed by atoms with Crippen molar-refractivity contribution in [3.63, 3.8) is 0 Å². The highest BCUT2D eigenvalue weighted by Crippen LogP contribution is 2.56. The molecule has 104 valence electrons. The molecular weight excluding hydrogens is 244 g/mol. The predicted molar refractivity (Wildman–Crippen MR) is 82.8 cm³/mol. The molecule has 2 aromatic carbocycles. The molecule has 0 spiro atoms. The smallest absolute Gasteiger partial charge is 0.0886 e. The lowest BCUT2D eigenvalue weighted by Crippen LogP contribution is -2.18. The quantitative estimate of drug-likeness (QED) is 0.850. The van der Waals surface area contributed by atoms with E-state index in [9.17, 15) is 5.11 Å². The molecule has 1 heteroatoms. The molecule has 2 aromatic rings. The summed E-state index contributed by atoms with van der Waals surface area (Å²) in [5.41, 5.74) is 3.62. The van der Waals surface area contributed by atoms with Crippen molar-refractivity contribution in [3.8, 4) is 0 Å². The Morgan fingerprint density at radius 3 is 2.45 bits per heavy atom. The Morgan fingerprint density at radius 2 is 1.80 bits per heavy atom. The third-order valence-electron chi connectivity index (χ3n) is 4.47. The molecule has 0 radical (unpaired) electrons. The maximum atomic E-state index is 10.9. The maximum Gasteiger partial charge on any atom is 0.0886 e. The van der Waals surface area contributed by atoms with E-state index in [1.165, 1.54) is 11.1 Å². The molecule has 3 rings (SSSR count). The summed E-state index contributed by atoms with van der Waals surface area (Å²) in [6.07, 6.45) is 4.00. The minimum Gasteiger partial charge on any atom is -0.387 e. The number of aliphatic hydroxyl groups excluding tert-OH is 1. The Labute approximate surface area is 121 Å². The van der Waals surface area contributed by atoms with E-state index in [2.05, 4.69) is 55.5 Å². The van der Waals surface area contributed by atoms with Crippen LogP contribution in [0.4, 0.5) is 0 Å². The SMILES string of the molecule is CCCc1cccc(C(O)C2(c3ccccc3)CC2)c1. The van der Waals surface area contributed by atoms with Crippen LogP contribution in [0.2, 0.25) is 0 Å². The van der Waals surface area contributed by atoms with Gasteiger partial charge in [-0.3, -0.25) is 0 Å². The fourth-order valence-electron chi connectivity index (χ4n) is 3.15. The molecule has 1 fully saturated rings. The third-order valence-corrected chi connectivity index (χ3v) is 4.47. The van der Waals surface area contributed by atoms with Gasteiger partial charge in [0.15, 0.2) is 0 Å². The normalized spacial score (nSPS) is 17.7. The second-order valence-electron chi connectivity index (χ2n) is 5.92. The van der Waals surface area contributed by atoms with Crippen LogP contribution in [0.3, 0.4) is 0 Å². The lowest BCUT2D eigenvalue weighted by molar-refractivity contribution is 0.133. The Hall–Kier alpha value is -1.60. The molecule has 1 aliphatic rings. The van der Waals surface area contributed by atoms with E-state index in [1.54, 1.807) is 0 Å². The zero-order valence-electron chi connectivity index (χ0n) is 12.0. The monoisotopic (exact) mass is 266 g/mol. The summed E-state index contributed by atoms with van der Waals surface area (Å²) >= 11 is 0. The van der Waals surface area contributed by atoms with Gasteiger partial charge in [-0.05, 0) is 36.0 Å². The van der Waals surface area contributed by atoms with Gasteiger partial charge in [0.2, 0.25) is 0 Å². The zero-order valence-corrected chi connectivity index (χ0v) is 12.0. The summed E-state index contributed by atoms with van der Waals surface area (Å²) in [6.45, 7) is 2.19. The first-order chi connectivity index (χ1) is 9.76. The number of hydrogen-bond donors (Lipinski definition) is 1. The standard InChI is InChI=1S/C19H22O/c1-2-7-15-8-6-9-16(14-15)18(20)19(12-13-19)17-10-4-3-5-11-17/h3-6,8-11,14,18,20H,2,7,12-13H2,1H3. The Morgan fingerprint density at radius 1 is 1.05 bits per heavy atom. The number of aliphatic hydroxyl groups is 1. The van der Waals surface area contributed by atoms with Crippen molar-refractivity contribution < 1.29 is 5.11 Å². The summed E-state index contributed by atoms with van der Waals surface area (Å²) in [5, 5.41) is 10.9. The van der Waals surface area contributed by atoms with Crippen LogP contribution >= 0.6 is 0 Å². The second-order valence-corrected chi connectivity index (χ2v) is 5.92. The fourth-order valence-corrected chi connectivity index (χ4v) is 3.15. The first-order valence-corrected chi connectivity index (χ1v) is 7.59. The number of rotatable bonds is 5. The summed E-state index contributed by atoms with van der Waals surface area (Å²) in [5.74, 6) is 0. The van der Waals surface area contributed by atoms with Gasteiger partial charge in [-0.2, -0.15) is 0 Å². The van der Waals surface area contributed by atoms with Crippen LogP contribution in [0.25, 0.3) is 0 Å². The highest BCUT2D eigenvalue weighted by atomic mass is 16.3. The van der Waals surface area contributed by atoms with E-state index in [1.807, 2.05) is 6.07 Å². The van der Waals surface area contributed by atoms with Gasteiger partial charge in [-0.1, -0.05) is 67.9 Å². The number of benzene rings is 2. The van der Waals surface area contributed by atoms with Crippen LogP contribution in [-0.2, 0) is 11.8 Å². The molecule has 0 aliphatic heterocycles. The molecule has 1 aliphatic carbocycles. The first kappa shape index (κ1) is 13.4. The van der Waals surface area contributed by atoms with E-state index in [0.717, 1.165) is 31.2 Å². The van der Waals surface area contributed by atoms with Crippen molar-refractivity contribution >= 4 is 0 Å². The van der Waals surface area contributed by atoms with E-state index in [0.29, 0.717) is 0 Å². The lowest BCUT2D eigenvalue weighted by atomic mass is 9.85. The van der Waals surface area contributed by atoms with Crippen molar-refractivity contribution in [2.24, 2.45) is 0 Å². The van der Waals surface area contributed by atoms with Crippen molar-refractivity contribution in [1.29, 1.82) is 0 Å². The van der Waals surface area contributed by atoms with E-state index in [-0.39, 0.29) is 11.5 Å². The Balaban J connectivity index is 1.89. The van der Waals surface area contributed by atoms with Gasteiger partial charge in [0, 0.05) is 5.41 Å².